The number of halogens is 5. The molecule has 0 unspecified atom stereocenters. The van der Waals surface area contributed by atoms with Gasteiger partial charge in [-0.1, -0.05) is 34.8 Å². The van der Waals surface area contributed by atoms with E-state index in [1.165, 1.54) is 19.1 Å². The minimum atomic E-state index is -3.60. The Labute approximate surface area is 152 Å². The summed E-state index contributed by atoms with van der Waals surface area (Å²) in [6, 6.07) is 2.55. The van der Waals surface area contributed by atoms with Crippen LogP contribution in [0.15, 0.2) is 18.5 Å². The van der Waals surface area contributed by atoms with Gasteiger partial charge in [-0.05, 0) is 19.1 Å². The van der Waals surface area contributed by atoms with E-state index in [1.54, 1.807) is 0 Å². The quantitative estimate of drug-likeness (QED) is 0.760. The van der Waals surface area contributed by atoms with E-state index < -0.39 is 22.1 Å². The van der Waals surface area contributed by atoms with Gasteiger partial charge in [0.05, 0.1) is 32.2 Å². The van der Waals surface area contributed by atoms with Gasteiger partial charge in [0.25, 0.3) is 6.43 Å². The molecule has 0 atom stereocenters. The SMILES string of the molecule is CCS(=O)(=O)Nc1cc(-c2ncnc(C(F)F)c2Cl)c(Cl)cc1Cl. The molecule has 0 aliphatic rings. The standard InChI is InChI=1S/C13H10Cl3F2N3O2S/c1-2-24(22,23)21-9-3-6(7(14)4-8(9)15)11-10(16)12(13(17)18)20-5-19-11/h3-5,13,21H,2H2,1H3. The van der Waals surface area contributed by atoms with Gasteiger partial charge in [-0.3, -0.25) is 4.72 Å². The van der Waals surface area contributed by atoms with Crippen molar-refractivity contribution in [3.63, 3.8) is 0 Å². The van der Waals surface area contributed by atoms with Crippen LogP contribution in [-0.2, 0) is 10.0 Å². The Balaban J connectivity index is 2.62. The van der Waals surface area contributed by atoms with Crippen molar-refractivity contribution in [3.8, 4) is 11.3 Å². The average molecular weight is 417 g/mol. The molecule has 11 heteroatoms. The first-order chi connectivity index (χ1) is 11.2. The van der Waals surface area contributed by atoms with E-state index in [0.29, 0.717) is 0 Å². The van der Waals surface area contributed by atoms with Crippen molar-refractivity contribution in [2.24, 2.45) is 0 Å². The summed E-state index contributed by atoms with van der Waals surface area (Å²) >= 11 is 18.0. The molecular weight excluding hydrogens is 407 g/mol. The maximum Gasteiger partial charge on any atom is 0.281 e. The molecule has 0 radical (unpaired) electrons. The lowest BCUT2D eigenvalue weighted by Crippen LogP contribution is -2.15. The average Bonchev–Trinajstić information content (AvgIpc) is 2.50. The Bertz CT molecular complexity index is 879. The van der Waals surface area contributed by atoms with E-state index in [2.05, 4.69) is 14.7 Å². The number of alkyl halides is 2. The molecule has 1 aromatic carbocycles. The summed E-state index contributed by atoms with van der Waals surface area (Å²) in [5, 5.41) is -0.263. The van der Waals surface area contributed by atoms with Crippen LogP contribution >= 0.6 is 34.8 Å². The minimum absolute atomic E-state index is 0.0335. The zero-order chi connectivity index (χ0) is 18.1. The molecule has 1 aromatic heterocycles. The fourth-order valence-electron chi connectivity index (χ4n) is 1.77. The number of benzene rings is 1. The number of anilines is 1. The summed E-state index contributed by atoms with van der Waals surface area (Å²) in [5.41, 5.74) is -0.528. The van der Waals surface area contributed by atoms with Crippen LogP contribution in [0.4, 0.5) is 14.5 Å². The molecule has 1 heterocycles. The number of nitrogens with zero attached hydrogens (tertiary/aromatic N) is 2. The highest BCUT2D eigenvalue weighted by molar-refractivity contribution is 7.92. The van der Waals surface area contributed by atoms with Gasteiger partial charge in [-0.15, -0.1) is 0 Å². The van der Waals surface area contributed by atoms with Crippen LogP contribution in [0.2, 0.25) is 15.1 Å². The molecule has 0 spiro atoms. The van der Waals surface area contributed by atoms with Crippen molar-refractivity contribution < 1.29 is 17.2 Å². The summed E-state index contributed by atoms with van der Waals surface area (Å²) in [6.45, 7) is 1.45. The van der Waals surface area contributed by atoms with Crippen molar-refractivity contribution in [3.05, 3.63) is 39.2 Å². The number of rotatable bonds is 5. The van der Waals surface area contributed by atoms with Crippen LogP contribution in [0.5, 0.6) is 0 Å². The first kappa shape index (κ1) is 19.1. The molecule has 0 amide bonds. The fraction of sp³-hybridized carbons (Fsp3) is 0.231. The maximum atomic E-state index is 12.9. The van der Waals surface area contributed by atoms with E-state index >= 15 is 0 Å². The van der Waals surface area contributed by atoms with E-state index in [0.717, 1.165) is 6.33 Å². The molecule has 0 saturated heterocycles. The topological polar surface area (TPSA) is 72.0 Å². The van der Waals surface area contributed by atoms with Crippen molar-refractivity contribution >= 4 is 50.5 Å². The molecule has 0 bridgehead atoms. The molecule has 1 N–H and O–H groups in total. The Morgan fingerprint density at radius 3 is 2.42 bits per heavy atom. The highest BCUT2D eigenvalue weighted by atomic mass is 35.5. The summed E-state index contributed by atoms with van der Waals surface area (Å²) in [6.07, 6.45) is -1.98. The predicted octanol–water partition coefficient (Wildman–Crippen LogP) is 4.80. The third-order valence-corrected chi connectivity index (χ3v) is 5.27. The van der Waals surface area contributed by atoms with Gasteiger partial charge in [-0.2, -0.15) is 0 Å². The van der Waals surface area contributed by atoms with Gasteiger partial charge in [0.15, 0.2) is 0 Å². The van der Waals surface area contributed by atoms with Crippen molar-refractivity contribution in [1.82, 2.24) is 9.97 Å². The first-order valence-corrected chi connectivity index (χ1v) is 9.23. The van der Waals surface area contributed by atoms with Gasteiger partial charge in [0, 0.05) is 5.56 Å². The molecule has 0 aliphatic heterocycles. The van der Waals surface area contributed by atoms with E-state index in [1.807, 2.05) is 0 Å². The second-order valence-electron chi connectivity index (χ2n) is 4.54. The van der Waals surface area contributed by atoms with Crippen LogP contribution in [0, 0.1) is 0 Å². The maximum absolute atomic E-state index is 12.9. The second kappa shape index (κ2) is 7.35. The van der Waals surface area contributed by atoms with Crippen molar-refractivity contribution in [2.45, 2.75) is 13.3 Å². The number of hydrogen-bond donors (Lipinski definition) is 1. The summed E-state index contributed by atoms with van der Waals surface area (Å²) in [4.78, 5) is 7.29. The van der Waals surface area contributed by atoms with Gasteiger partial charge in [-0.25, -0.2) is 27.2 Å². The van der Waals surface area contributed by atoms with Crippen LogP contribution in [0.25, 0.3) is 11.3 Å². The Kier molecular flexibility index (Phi) is 5.85. The predicted molar refractivity (Wildman–Crippen MR) is 90.5 cm³/mol. The number of hydrogen-bond acceptors (Lipinski definition) is 4. The molecule has 0 aliphatic carbocycles. The van der Waals surface area contributed by atoms with Crippen LogP contribution in [0.3, 0.4) is 0 Å². The molecule has 5 nitrogen and oxygen atoms in total. The summed E-state index contributed by atoms with van der Waals surface area (Å²) in [7, 11) is -3.60. The molecule has 130 valence electrons. The van der Waals surface area contributed by atoms with Crippen molar-refractivity contribution in [1.29, 1.82) is 0 Å². The zero-order valence-electron chi connectivity index (χ0n) is 12.0. The number of sulfonamides is 1. The third-order valence-electron chi connectivity index (χ3n) is 2.98. The highest BCUT2D eigenvalue weighted by Gasteiger charge is 2.21. The zero-order valence-corrected chi connectivity index (χ0v) is 15.1. The highest BCUT2D eigenvalue weighted by Crippen LogP contribution is 2.39. The lowest BCUT2D eigenvalue weighted by atomic mass is 10.1. The molecule has 24 heavy (non-hydrogen) atoms. The third kappa shape index (κ3) is 4.05. The van der Waals surface area contributed by atoms with E-state index in [-0.39, 0.29) is 37.8 Å². The normalized spacial score (nSPS) is 11.8. The molecular formula is C13H10Cl3F2N3O2S. The van der Waals surface area contributed by atoms with Gasteiger partial charge >= 0.3 is 0 Å². The fourth-order valence-corrected chi connectivity index (χ4v) is 3.28. The monoisotopic (exact) mass is 415 g/mol. The van der Waals surface area contributed by atoms with Gasteiger partial charge < -0.3 is 0 Å². The van der Waals surface area contributed by atoms with Gasteiger partial charge in [0.2, 0.25) is 10.0 Å². The molecule has 2 rings (SSSR count). The largest absolute Gasteiger partial charge is 0.282 e. The van der Waals surface area contributed by atoms with Crippen LogP contribution < -0.4 is 4.72 Å². The second-order valence-corrected chi connectivity index (χ2v) is 7.74. The van der Waals surface area contributed by atoms with Crippen LogP contribution in [-0.4, -0.2) is 24.1 Å². The molecule has 2 aromatic rings. The lowest BCUT2D eigenvalue weighted by molar-refractivity contribution is 0.146. The molecule has 0 saturated carbocycles. The molecule has 0 fully saturated rings. The smallest absolute Gasteiger partial charge is 0.281 e. The lowest BCUT2D eigenvalue weighted by Gasteiger charge is -2.13. The van der Waals surface area contributed by atoms with E-state index in [4.69, 9.17) is 34.8 Å². The number of nitrogens with one attached hydrogen (secondary N) is 1. The Morgan fingerprint density at radius 2 is 1.83 bits per heavy atom. The number of aromatic nitrogens is 2. The summed E-state index contributed by atoms with van der Waals surface area (Å²) in [5.74, 6) is -0.176. The van der Waals surface area contributed by atoms with Gasteiger partial charge in [0.1, 0.15) is 12.0 Å². The van der Waals surface area contributed by atoms with E-state index in [9.17, 15) is 17.2 Å². The first-order valence-electron chi connectivity index (χ1n) is 6.44. The Hall–Kier alpha value is -1.22. The van der Waals surface area contributed by atoms with Crippen molar-refractivity contribution in [2.75, 3.05) is 10.5 Å². The summed E-state index contributed by atoms with van der Waals surface area (Å²) < 4.78 is 51.5. The van der Waals surface area contributed by atoms with Crippen LogP contribution in [0.1, 0.15) is 19.0 Å². The minimum Gasteiger partial charge on any atom is -0.282 e. The Morgan fingerprint density at radius 1 is 1.17 bits per heavy atom.